The van der Waals surface area contributed by atoms with Crippen LogP contribution in [-0.4, -0.2) is 38.8 Å². The van der Waals surface area contributed by atoms with E-state index in [1.807, 2.05) is 41.0 Å². The smallest absolute Gasteiger partial charge is 0.191 e. The molecule has 3 N–H and O–H groups in total. The molecule has 0 amide bonds. The van der Waals surface area contributed by atoms with Crippen molar-refractivity contribution in [2.24, 2.45) is 4.99 Å². The second-order valence-corrected chi connectivity index (χ2v) is 6.68. The molecule has 156 valence electrons. The molecule has 0 spiro atoms. The molecule has 2 heterocycles. The van der Waals surface area contributed by atoms with Crippen molar-refractivity contribution in [2.45, 2.75) is 19.9 Å². The average molecular weight is 515 g/mol. The lowest BCUT2D eigenvalue weighted by molar-refractivity contribution is 0.785. The summed E-state index contributed by atoms with van der Waals surface area (Å²) in [4.78, 5) is 8.01. The van der Waals surface area contributed by atoms with Crippen LogP contribution in [-0.2, 0) is 13.0 Å². The monoisotopic (exact) mass is 515 g/mol. The van der Waals surface area contributed by atoms with Gasteiger partial charge in [0.05, 0.1) is 0 Å². The maximum atomic E-state index is 4.69. The van der Waals surface area contributed by atoms with Crippen LogP contribution in [0.3, 0.4) is 0 Å². The molecular weight excluding hydrogens is 489 g/mol. The van der Waals surface area contributed by atoms with Gasteiger partial charge in [0.25, 0.3) is 0 Å². The van der Waals surface area contributed by atoms with Crippen LogP contribution in [0.5, 0.6) is 0 Å². The van der Waals surface area contributed by atoms with Crippen molar-refractivity contribution >= 4 is 40.8 Å². The largest absolute Gasteiger partial charge is 0.361 e. The number of hydrogen-bond donors (Lipinski definition) is 3. The molecule has 30 heavy (non-hydrogen) atoms. The SMILES string of the molecule is CCNC(=NCc1nncn1-c1ccccc1)NCCc1c[nH]c2ccccc12.I. The summed E-state index contributed by atoms with van der Waals surface area (Å²) in [6.07, 6.45) is 4.71. The summed E-state index contributed by atoms with van der Waals surface area (Å²) in [6, 6.07) is 18.4. The van der Waals surface area contributed by atoms with Gasteiger partial charge in [0.2, 0.25) is 0 Å². The summed E-state index contributed by atoms with van der Waals surface area (Å²) in [5, 5.41) is 16.3. The number of aromatic amines is 1. The van der Waals surface area contributed by atoms with Gasteiger partial charge in [-0.3, -0.25) is 4.57 Å². The lowest BCUT2D eigenvalue weighted by Crippen LogP contribution is -2.38. The molecule has 4 rings (SSSR count). The van der Waals surface area contributed by atoms with Crippen molar-refractivity contribution in [3.63, 3.8) is 0 Å². The van der Waals surface area contributed by atoms with E-state index < -0.39 is 0 Å². The molecule has 0 radical (unpaired) electrons. The fraction of sp³-hybridized carbons (Fsp3) is 0.227. The topological polar surface area (TPSA) is 82.9 Å². The number of nitrogens with one attached hydrogen (secondary N) is 3. The zero-order valence-electron chi connectivity index (χ0n) is 16.9. The maximum Gasteiger partial charge on any atom is 0.191 e. The molecule has 0 fully saturated rings. The summed E-state index contributed by atoms with van der Waals surface area (Å²) in [5.41, 5.74) is 3.50. The maximum absolute atomic E-state index is 4.69. The lowest BCUT2D eigenvalue weighted by Gasteiger charge is -2.11. The molecule has 0 saturated heterocycles. The van der Waals surface area contributed by atoms with Crippen LogP contribution in [0.15, 0.2) is 72.1 Å². The van der Waals surface area contributed by atoms with Crippen molar-refractivity contribution in [3.05, 3.63) is 78.5 Å². The summed E-state index contributed by atoms with van der Waals surface area (Å²) < 4.78 is 1.96. The van der Waals surface area contributed by atoms with Crippen LogP contribution in [0.1, 0.15) is 18.3 Å². The van der Waals surface area contributed by atoms with Gasteiger partial charge in [-0.25, -0.2) is 4.99 Å². The highest BCUT2D eigenvalue weighted by molar-refractivity contribution is 14.0. The Kier molecular flexibility index (Phi) is 7.83. The second kappa shape index (κ2) is 10.8. The van der Waals surface area contributed by atoms with Crippen LogP contribution in [0, 0.1) is 0 Å². The Labute approximate surface area is 193 Å². The Hall–Kier alpha value is -2.88. The van der Waals surface area contributed by atoms with Gasteiger partial charge >= 0.3 is 0 Å². The first-order chi connectivity index (χ1) is 14.3. The highest BCUT2D eigenvalue weighted by Gasteiger charge is 2.07. The Morgan fingerprint density at radius 3 is 2.70 bits per heavy atom. The van der Waals surface area contributed by atoms with Gasteiger partial charge in [0, 0.05) is 35.9 Å². The third-order valence-electron chi connectivity index (χ3n) is 4.74. The Morgan fingerprint density at radius 1 is 1.07 bits per heavy atom. The molecule has 0 aliphatic heterocycles. The number of H-pyrrole nitrogens is 1. The molecule has 0 bridgehead atoms. The van der Waals surface area contributed by atoms with Crippen molar-refractivity contribution in [1.82, 2.24) is 30.4 Å². The predicted octanol–water partition coefficient (Wildman–Crippen LogP) is 3.66. The summed E-state index contributed by atoms with van der Waals surface area (Å²) in [6.45, 7) is 4.09. The molecule has 0 aliphatic carbocycles. The van der Waals surface area contributed by atoms with E-state index in [0.29, 0.717) is 6.54 Å². The molecule has 0 atom stereocenters. The zero-order chi connectivity index (χ0) is 19.9. The van der Waals surface area contributed by atoms with Gasteiger partial charge < -0.3 is 15.6 Å². The van der Waals surface area contributed by atoms with Gasteiger partial charge in [-0.05, 0) is 37.1 Å². The van der Waals surface area contributed by atoms with Gasteiger partial charge in [-0.2, -0.15) is 0 Å². The van der Waals surface area contributed by atoms with E-state index in [1.165, 1.54) is 16.5 Å². The van der Waals surface area contributed by atoms with Crippen LogP contribution in [0.2, 0.25) is 0 Å². The zero-order valence-corrected chi connectivity index (χ0v) is 19.2. The lowest BCUT2D eigenvalue weighted by atomic mass is 10.1. The third-order valence-corrected chi connectivity index (χ3v) is 4.74. The highest BCUT2D eigenvalue weighted by Crippen LogP contribution is 2.17. The summed E-state index contributed by atoms with van der Waals surface area (Å²) in [5.74, 6) is 1.57. The Balaban J connectivity index is 0.00000256. The molecular formula is C22H26IN7. The molecule has 2 aromatic carbocycles. The van der Waals surface area contributed by atoms with E-state index >= 15 is 0 Å². The number of guanidine groups is 1. The number of aromatic nitrogens is 4. The molecule has 0 saturated carbocycles. The minimum atomic E-state index is 0. The van der Waals surface area contributed by atoms with E-state index in [-0.39, 0.29) is 24.0 Å². The summed E-state index contributed by atoms with van der Waals surface area (Å²) in [7, 11) is 0. The predicted molar refractivity (Wildman–Crippen MR) is 132 cm³/mol. The molecule has 7 nitrogen and oxygen atoms in total. The van der Waals surface area contributed by atoms with Crippen molar-refractivity contribution < 1.29 is 0 Å². The average Bonchev–Trinajstić information content (AvgIpc) is 3.40. The number of halogens is 1. The highest BCUT2D eigenvalue weighted by atomic mass is 127. The number of benzene rings is 2. The van der Waals surface area contributed by atoms with Gasteiger partial charge in [0.15, 0.2) is 11.8 Å². The van der Waals surface area contributed by atoms with Gasteiger partial charge in [-0.15, -0.1) is 34.2 Å². The first-order valence-electron chi connectivity index (χ1n) is 9.86. The first-order valence-corrected chi connectivity index (χ1v) is 9.86. The number of hydrogen-bond acceptors (Lipinski definition) is 3. The third kappa shape index (κ3) is 5.18. The summed E-state index contributed by atoms with van der Waals surface area (Å²) >= 11 is 0. The first kappa shape index (κ1) is 21.8. The van der Waals surface area contributed by atoms with E-state index in [4.69, 9.17) is 0 Å². The fourth-order valence-electron chi connectivity index (χ4n) is 3.32. The van der Waals surface area contributed by atoms with Crippen molar-refractivity contribution in [3.8, 4) is 5.69 Å². The number of para-hydroxylation sites is 2. The van der Waals surface area contributed by atoms with Crippen LogP contribution < -0.4 is 10.6 Å². The fourth-order valence-corrected chi connectivity index (χ4v) is 3.32. The molecule has 2 aromatic heterocycles. The van der Waals surface area contributed by atoms with E-state index in [2.05, 4.69) is 62.1 Å². The quantitative estimate of drug-likeness (QED) is 0.199. The van der Waals surface area contributed by atoms with Crippen LogP contribution >= 0.6 is 24.0 Å². The van der Waals surface area contributed by atoms with E-state index in [0.717, 1.165) is 37.0 Å². The minimum Gasteiger partial charge on any atom is -0.361 e. The minimum absolute atomic E-state index is 0. The Morgan fingerprint density at radius 2 is 1.87 bits per heavy atom. The molecule has 8 heteroatoms. The van der Waals surface area contributed by atoms with E-state index in [1.54, 1.807) is 6.33 Å². The van der Waals surface area contributed by atoms with Gasteiger partial charge in [0.1, 0.15) is 12.9 Å². The standard InChI is InChI=1S/C22H25N7.HI/c1-2-23-22(24-13-12-17-14-25-20-11-7-6-10-19(17)20)26-15-21-28-27-16-29(21)18-8-4-3-5-9-18;/h3-11,14,16,25H,2,12-13,15H2,1H3,(H2,23,24,26);1H. The molecule has 4 aromatic rings. The van der Waals surface area contributed by atoms with Gasteiger partial charge in [-0.1, -0.05) is 36.4 Å². The van der Waals surface area contributed by atoms with E-state index in [9.17, 15) is 0 Å². The molecule has 0 aliphatic rings. The number of fused-ring (bicyclic) bond motifs is 1. The normalized spacial score (nSPS) is 11.3. The number of rotatable bonds is 7. The van der Waals surface area contributed by atoms with Crippen LogP contribution in [0.4, 0.5) is 0 Å². The van der Waals surface area contributed by atoms with Crippen molar-refractivity contribution in [1.29, 1.82) is 0 Å². The number of nitrogens with zero attached hydrogens (tertiary/aromatic N) is 4. The Bertz CT molecular complexity index is 1090. The molecule has 0 unspecified atom stereocenters. The number of aliphatic imine (C=N–C) groups is 1. The van der Waals surface area contributed by atoms with Crippen molar-refractivity contribution in [2.75, 3.05) is 13.1 Å². The van der Waals surface area contributed by atoms with Crippen LogP contribution in [0.25, 0.3) is 16.6 Å². The second-order valence-electron chi connectivity index (χ2n) is 6.68.